The maximum absolute atomic E-state index is 12.9. The first-order valence-electron chi connectivity index (χ1n) is 9.19. The molecule has 0 fully saturated rings. The van der Waals surface area contributed by atoms with E-state index in [9.17, 15) is 9.59 Å². The molecule has 2 aromatic rings. The van der Waals surface area contributed by atoms with E-state index in [0.717, 1.165) is 11.1 Å². The van der Waals surface area contributed by atoms with Crippen molar-refractivity contribution in [3.8, 4) is 0 Å². The normalized spacial score (nSPS) is 13.3. The molecule has 0 atom stereocenters. The van der Waals surface area contributed by atoms with Gasteiger partial charge in [0.05, 0.1) is 24.4 Å². The molecule has 0 amide bonds. The van der Waals surface area contributed by atoms with Gasteiger partial charge in [0.1, 0.15) is 0 Å². The summed E-state index contributed by atoms with van der Waals surface area (Å²) in [6, 6.07) is 15.1. The highest BCUT2D eigenvalue weighted by Crippen LogP contribution is 2.37. The van der Waals surface area contributed by atoms with Gasteiger partial charge >= 0.3 is 11.9 Å². The molecule has 0 heterocycles. The molecule has 0 bridgehead atoms. The predicted octanol–water partition coefficient (Wildman–Crippen LogP) is 4.86. The summed E-state index contributed by atoms with van der Waals surface area (Å²) >= 11 is 6.41. The zero-order valence-corrected chi connectivity index (χ0v) is 16.6. The minimum Gasteiger partial charge on any atom is -0.462 e. The van der Waals surface area contributed by atoms with Crippen LogP contribution < -0.4 is 0 Å². The Kier molecular flexibility index (Phi) is 6.32. The number of carbonyl (C=O) groups excluding carboxylic acids is 2. The molecule has 1 aliphatic rings. The van der Waals surface area contributed by atoms with Crippen LogP contribution in [0.5, 0.6) is 0 Å². The molecule has 0 radical (unpaired) electrons. The molecule has 0 aliphatic heterocycles. The van der Waals surface area contributed by atoms with E-state index in [1.165, 1.54) is 0 Å². The molecule has 1 aliphatic carbocycles. The SMILES string of the molecule is CCOC(=O)C1=Cc2c(Cl)cccc2CC(c2ccccc2)=C1C(=O)OCC. The van der Waals surface area contributed by atoms with Crippen molar-refractivity contribution in [2.75, 3.05) is 13.2 Å². The third-order valence-corrected chi connectivity index (χ3v) is 4.80. The maximum Gasteiger partial charge on any atom is 0.339 e. The fourth-order valence-electron chi connectivity index (χ4n) is 3.25. The van der Waals surface area contributed by atoms with Gasteiger partial charge in [0.2, 0.25) is 0 Å². The van der Waals surface area contributed by atoms with Crippen LogP contribution in [0.25, 0.3) is 11.6 Å². The average molecular weight is 397 g/mol. The van der Waals surface area contributed by atoms with E-state index in [1.807, 2.05) is 42.5 Å². The zero-order valence-electron chi connectivity index (χ0n) is 15.8. The summed E-state index contributed by atoms with van der Waals surface area (Å²) in [5.74, 6) is -1.13. The fraction of sp³-hybridized carbons (Fsp3) is 0.217. The Morgan fingerprint density at radius 1 is 0.929 bits per heavy atom. The number of esters is 2. The van der Waals surface area contributed by atoms with Gasteiger partial charge in [0, 0.05) is 5.02 Å². The smallest absolute Gasteiger partial charge is 0.339 e. The number of carbonyl (C=O) groups is 2. The molecule has 5 heteroatoms. The number of rotatable bonds is 5. The molecular formula is C23H21ClO4. The average Bonchev–Trinajstić information content (AvgIpc) is 2.87. The minimum atomic E-state index is -0.577. The van der Waals surface area contributed by atoms with Crippen LogP contribution in [-0.4, -0.2) is 25.2 Å². The largest absolute Gasteiger partial charge is 0.462 e. The van der Waals surface area contributed by atoms with E-state index in [0.29, 0.717) is 22.6 Å². The topological polar surface area (TPSA) is 52.6 Å². The zero-order chi connectivity index (χ0) is 20.1. The third kappa shape index (κ3) is 4.02. The van der Waals surface area contributed by atoms with Crippen LogP contribution >= 0.6 is 11.6 Å². The van der Waals surface area contributed by atoms with E-state index in [2.05, 4.69) is 0 Å². The van der Waals surface area contributed by atoms with Crippen LogP contribution in [-0.2, 0) is 25.5 Å². The van der Waals surface area contributed by atoms with Crippen molar-refractivity contribution in [1.82, 2.24) is 0 Å². The Morgan fingerprint density at radius 2 is 1.61 bits per heavy atom. The molecule has 28 heavy (non-hydrogen) atoms. The summed E-state index contributed by atoms with van der Waals surface area (Å²) in [6.45, 7) is 3.86. The Bertz CT molecular complexity index is 958. The fourth-order valence-corrected chi connectivity index (χ4v) is 3.50. The van der Waals surface area contributed by atoms with Crippen LogP contribution in [0.1, 0.15) is 30.5 Å². The lowest BCUT2D eigenvalue weighted by Gasteiger charge is -2.15. The number of hydrogen-bond acceptors (Lipinski definition) is 4. The first-order valence-corrected chi connectivity index (χ1v) is 9.56. The number of ether oxygens (including phenoxy) is 2. The van der Waals surface area contributed by atoms with E-state index < -0.39 is 11.9 Å². The van der Waals surface area contributed by atoms with Gasteiger partial charge in [-0.25, -0.2) is 9.59 Å². The van der Waals surface area contributed by atoms with Crippen LogP contribution in [0.15, 0.2) is 59.7 Å². The molecule has 0 saturated heterocycles. The van der Waals surface area contributed by atoms with Crippen LogP contribution in [0, 0.1) is 0 Å². The van der Waals surface area contributed by atoms with E-state index in [1.54, 1.807) is 26.0 Å². The highest BCUT2D eigenvalue weighted by atomic mass is 35.5. The summed E-state index contributed by atoms with van der Waals surface area (Å²) in [6.07, 6.45) is 2.07. The summed E-state index contributed by atoms with van der Waals surface area (Å²) in [5.41, 5.74) is 3.56. The van der Waals surface area contributed by atoms with Gasteiger partial charge in [-0.15, -0.1) is 0 Å². The third-order valence-electron chi connectivity index (χ3n) is 4.47. The number of hydrogen-bond donors (Lipinski definition) is 0. The Morgan fingerprint density at radius 3 is 2.29 bits per heavy atom. The van der Waals surface area contributed by atoms with Crippen molar-refractivity contribution >= 4 is 35.2 Å². The molecular weight excluding hydrogens is 376 g/mol. The Balaban J connectivity index is 2.32. The van der Waals surface area contributed by atoms with Crippen LogP contribution in [0.2, 0.25) is 5.02 Å². The summed E-state index contributed by atoms with van der Waals surface area (Å²) in [7, 11) is 0. The van der Waals surface area contributed by atoms with E-state index in [-0.39, 0.29) is 24.4 Å². The summed E-state index contributed by atoms with van der Waals surface area (Å²) < 4.78 is 10.5. The van der Waals surface area contributed by atoms with Crippen molar-refractivity contribution in [2.45, 2.75) is 20.3 Å². The van der Waals surface area contributed by atoms with Crippen LogP contribution in [0.4, 0.5) is 0 Å². The summed E-state index contributed by atoms with van der Waals surface area (Å²) in [5, 5.41) is 0.511. The minimum absolute atomic E-state index is 0.158. The standard InChI is InChI=1S/C23H21ClO4/c1-3-27-22(25)19-14-17-16(11-8-12-20(17)24)13-18(15-9-6-5-7-10-15)21(19)23(26)28-4-2/h5-12,14H,3-4,13H2,1-2H3. The molecule has 0 saturated carbocycles. The molecule has 3 rings (SSSR count). The lowest BCUT2D eigenvalue weighted by atomic mass is 9.92. The number of halogens is 1. The molecule has 0 unspecified atom stereocenters. The van der Waals surface area contributed by atoms with Gasteiger partial charge in [0.15, 0.2) is 0 Å². The highest BCUT2D eigenvalue weighted by molar-refractivity contribution is 6.32. The second-order valence-electron chi connectivity index (χ2n) is 6.21. The molecule has 4 nitrogen and oxygen atoms in total. The van der Waals surface area contributed by atoms with Crippen molar-refractivity contribution in [3.63, 3.8) is 0 Å². The van der Waals surface area contributed by atoms with Gasteiger partial charge in [-0.3, -0.25) is 0 Å². The molecule has 0 aromatic heterocycles. The lowest BCUT2D eigenvalue weighted by molar-refractivity contribution is -0.142. The van der Waals surface area contributed by atoms with Crippen molar-refractivity contribution < 1.29 is 19.1 Å². The van der Waals surface area contributed by atoms with Gasteiger partial charge in [-0.1, -0.05) is 54.1 Å². The predicted molar refractivity (Wildman–Crippen MR) is 110 cm³/mol. The Labute approximate surface area is 169 Å². The second-order valence-corrected chi connectivity index (χ2v) is 6.62. The maximum atomic E-state index is 12.9. The van der Waals surface area contributed by atoms with Gasteiger partial charge in [-0.05, 0) is 54.7 Å². The first kappa shape index (κ1) is 19.9. The number of benzene rings is 2. The lowest BCUT2D eigenvalue weighted by Crippen LogP contribution is -2.18. The number of fused-ring (bicyclic) bond motifs is 1. The van der Waals surface area contributed by atoms with Gasteiger partial charge < -0.3 is 9.47 Å². The van der Waals surface area contributed by atoms with Gasteiger partial charge in [0.25, 0.3) is 0 Å². The van der Waals surface area contributed by atoms with Crippen molar-refractivity contribution in [1.29, 1.82) is 0 Å². The Hall–Kier alpha value is -2.85. The first-order chi connectivity index (χ1) is 13.6. The summed E-state index contributed by atoms with van der Waals surface area (Å²) in [4.78, 5) is 25.7. The highest BCUT2D eigenvalue weighted by Gasteiger charge is 2.30. The van der Waals surface area contributed by atoms with Crippen LogP contribution in [0.3, 0.4) is 0 Å². The quantitative estimate of drug-likeness (QED) is 0.677. The molecule has 0 N–H and O–H groups in total. The van der Waals surface area contributed by atoms with Crippen molar-refractivity contribution in [3.05, 3.63) is 81.4 Å². The molecule has 144 valence electrons. The van der Waals surface area contributed by atoms with Crippen molar-refractivity contribution in [2.24, 2.45) is 0 Å². The molecule has 2 aromatic carbocycles. The number of allylic oxidation sites excluding steroid dienone is 1. The monoisotopic (exact) mass is 396 g/mol. The van der Waals surface area contributed by atoms with E-state index >= 15 is 0 Å². The second kappa shape index (κ2) is 8.89. The van der Waals surface area contributed by atoms with E-state index in [4.69, 9.17) is 21.1 Å². The molecule has 0 spiro atoms. The van der Waals surface area contributed by atoms with Gasteiger partial charge in [-0.2, -0.15) is 0 Å².